The van der Waals surface area contributed by atoms with Crippen molar-refractivity contribution in [2.45, 2.75) is 33.2 Å². The minimum Gasteiger partial charge on any atom is -0.382 e. The minimum atomic E-state index is 0.337. The van der Waals surface area contributed by atoms with E-state index in [9.17, 15) is 0 Å². The van der Waals surface area contributed by atoms with Crippen LogP contribution < -0.4 is 16.0 Å². The number of rotatable bonds is 5. The van der Waals surface area contributed by atoms with Crippen molar-refractivity contribution in [1.29, 1.82) is 0 Å². The molecule has 0 spiro atoms. The van der Waals surface area contributed by atoms with Crippen molar-refractivity contribution < 1.29 is 0 Å². The van der Waals surface area contributed by atoms with E-state index in [1.807, 2.05) is 6.07 Å². The Balaban J connectivity index is 1.39. The number of fused-ring (bicyclic) bond motifs is 4. The van der Waals surface area contributed by atoms with Crippen LogP contribution in [-0.2, 0) is 6.42 Å². The van der Waals surface area contributed by atoms with Crippen molar-refractivity contribution in [1.82, 2.24) is 25.4 Å². The number of amidine groups is 1. The summed E-state index contributed by atoms with van der Waals surface area (Å²) in [6.07, 6.45) is 2.94. The lowest BCUT2D eigenvalue weighted by molar-refractivity contribution is 0.164. The highest BCUT2D eigenvalue weighted by Gasteiger charge is 2.28. The Morgan fingerprint density at radius 2 is 1.97 bits per heavy atom. The maximum atomic E-state index is 4.97. The fourth-order valence-electron chi connectivity index (χ4n) is 5.31. The number of aliphatic imine (C=N–C) groups is 1. The van der Waals surface area contributed by atoms with Gasteiger partial charge in [-0.25, -0.2) is 9.98 Å². The van der Waals surface area contributed by atoms with Crippen LogP contribution in [0.4, 0.5) is 5.82 Å². The van der Waals surface area contributed by atoms with E-state index in [1.54, 1.807) is 0 Å². The Hall–Kier alpha value is -3.42. The lowest BCUT2D eigenvalue weighted by Gasteiger charge is -2.32. The molecular formula is C30H39N7. The quantitative estimate of drug-likeness (QED) is 0.426. The second-order valence-corrected chi connectivity index (χ2v) is 10.8. The number of nitrogens with zero attached hydrogens (tertiary/aromatic N) is 4. The van der Waals surface area contributed by atoms with Crippen molar-refractivity contribution in [2.24, 2.45) is 4.99 Å². The summed E-state index contributed by atoms with van der Waals surface area (Å²) in [5.74, 6) is 1.54. The summed E-state index contributed by atoms with van der Waals surface area (Å²) in [5.41, 5.74) is 9.01. The van der Waals surface area contributed by atoms with Gasteiger partial charge in [-0.1, -0.05) is 24.8 Å². The summed E-state index contributed by atoms with van der Waals surface area (Å²) in [7, 11) is 2.17. The largest absolute Gasteiger partial charge is 0.382 e. The van der Waals surface area contributed by atoms with Gasteiger partial charge in [0.25, 0.3) is 0 Å². The van der Waals surface area contributed by atoms with E-state index in [1.165, 1.54) is 28.0 Å². The molecule has 7 heteroatoms. The Kier molecular flexibility index (Phi) is 7.17. The van der Waals surface area contributed by atoms with E-state index in [0.717, 1.165) is 79.6 Å². The monoisotopic (exact) mass is 497 g/mol. The van der Waals surface area contributed by atoms with Crippen molar-refractivity contribution in [3.05, 3.63) is 77.2 Å². The molecule has 3 N–H and O–H groups in total. The highest BCUT2D eigenvalue weighted by molar-refractivity contribution is 6.05. The molecule has 1 saturated heterocycles. The molecule has 7 nitrogen and oxygen atoms in total. The lowest BCUT2D eigenvalue weighted by atomic mass is 10.0. The molecular weight excluding hydrogens is 458 g/mol. The number of anilines is 1. The molecule has 0 radical (unpaired) electrons. The van der Waals surface area contributed by atoms with Crippen molar-refractivity contribution in [3.8, 4) is 0 Å². The first kappa shape index (κ1) is 25.2. The second-order valence-electron chi connectivity index (χ2n) is 10.8. The molecule has 5 rings (SSSR count). The van der Waals surface area contributed by atoms with Gasteiger partial charge in [0.1, 0.15) is 11.7 Å². The first-order valence-corrected chi connectivity index (χ1v) is 13.2. The van der Waals surface area contributed by atoms with Gasteiger partial charge in [0.15, 0.2) is 0 Å². The molecule has 0 saturated carbocycles. The number of benzene rings is 1. The van der Waals surface area contributed by atoms with Crippen LogP contribution in [-0.4, -0.2) is 73.0 Å². The molecule has 1 unspecified atom stereocenters. The van der Waals surface area contributed by atoms with Crippen LogP contribution in [0.25, 0.3) is 16.6 Å². The van der Waals surface area contributed by atoms with Crippen molar-refractivity contribution in [3.63, 3.8) is 0 Å². The summed E-state index contributed by atoms with van der Waals surface area (Å²) in [6.45, 7) is 20.8. The topological polar surface area (TPSA) is 67.8 Å². The maximum absolute atomic E-state index is 4.97. The van der Waals surface area contributed by atoms with E-state index in [0.29, 0.717) is 6.04 Å². The molecule has 0 bridgehead atoms. The number of hydrogen-bond donors (Lipinski definition) is 3. The SMILES string of the molecule is C=C(CN1CCN(C)CC1)/N=C(\C=C(C)C)Nc1ccc2c3c(ccc2n1)CC1=C3NCC(C)NC1=C. The molecule has 3 heterocycles. The zero-order chi connectivity index (χ0) is 26.1. The molecule has 2 aromatic rings. The number of hydrogen-bond acceptors (Lipinski definition) is 6. The third kappa shape index (κ3) is 5.63. The third-order valence-corrected chi connectivity index (χ3v) is 7.21. The summed E-state index contributed by atoms with van der Waals surface area (Å²) in [6, 6.07) is 8.87. The molecule has 194 valence electrons. The van der Waals surface area contributed by atoms with E-state index in [-0.39, 0.29) is 0 Å². The molecule has 1 aromatic heterocycles. The Bertz CT molecular complexity index is 1320. The number of nitrogens with one attached hydrogen (secondary N) is 3. The van der Waals surface area contributed by atoms with Crippen LogP contribution in [0.1, 0.15) is 31.9 Å². The zero-order valence-corrected chi connectivity index (χ0v) is 22.6. The molecule has 2 aliphatic heterocycles. The summed E-state index contributed by atoms with van der Waals surface area (Å²) >= 11 is 0. The Morgan fingerprint density at radius 1 is 1.19 bits per heavy atom. The molecule has 1 aliphatic carbocycles. The molecule has 37 heavy (non-hydrogen) atoms. The Morgan fingerprint density at radius 3 is 2.73 bits per heavy atom. The zero-order valence-electron chi connectivity index (χ0n) is 22.6. The van der Waals surface area contributed by atoms with Gasteiger partial charge in [0, 0.05) is 85.3 Å². The van der Waals surface area contributed by atoms with E-state index in [2.05, 4.69) is 91.0 Å². The number of allylic oxidation sites excluding steroid dienone is 2. The van der Waals surface area contributed by atoms with Gasteiger partial charge in [-0.2, -0.15) is 0 Å². The summed E-state index contributed by atoms with van der Waals surface area (Å²) in [4.78, 5) is 14.6. The van der Waals surface area contributed by atoms with Crippen molar-refractivity contribution in [2.75, 3.05) is 51.6 Å². The van der Waals surface area contributed by atoms with Gasteiger partial charge in [-0.3, -0.25) is 4.90 Å². The van der Waals surface area contributed by atoms with E-state index < -0.39 is 0 Å². The highest BCUT2D eigenvalue weighted by atomic mass is 15.2. The van der Waals surface area contributed by atoms with Crippen LogP contribution >= 0.6 is 0 Å². The predicted molar refractivity (Wildman–Crippen MR) is 156 cm³/mol. The van der Waals surface area contributed by atoms with Gasteiger partial charge < -0.3 is 20.9 Å². The van der Waals surface area contributed by atoms with Crippen LogP contribution in [0.5, 0.6) is 0 Å². The summed E-state index contributed by atoms with van der Waals surface area (Å²) in [5, 5.41) is 11.8. The fourth-order valence-corrected chi connectivity index (χ4v) is 5.31. The normalized spacial score (nSPS) is 20.6. The fraction of sp³-hybridized carbons (Fsp3) is 0.400. The van der Waals surface area contributed by atoms with Crippen LogP contribution in [0.15, 0.2) is 71.0 Å². The maximum Gasteiger partial charge on any atom is 0.132 e. The second kappa shape index (κ2) is 10.5. The lowest BCUT2D eigenvalue weighted by Crippen LogP contribution is -2.44. The average molecular weight is 498 g/mol. The molecule has 1 fully saturated rings. The predicted octanol–water partition coefficient (Wildman–Crippen LogP) is 4.13. The summed E-state index contributed by atoms with van der Waals surface area (Å²) < 4.78 is 0. The van der Waals surface area contributed by atoms with Gasteiger partial charge in [0.2, 0.25) is 0 Å². The minimum absolute atomic E-state index is 0.337. The third-order valence-electron chi connectivity index (χ3n) is 7.21. The van der Waals surface area contributed by atoms with E-state index in [4.69, 9.17) is 9.98 Å². The molecule has 1 atom stereocenters. The van der Waals surface area contributed by atoms with E-state index >= 15 is 0 Å². The van der Waals surface area contributed by atoms with Gasteiger partial charge in [-0.15, -0.1) is 0 Å². The highest BCUT2D eigenvalue weighted by Crippen LogP contribution is 2.39. The molecule has 3 aliphatic rings. The van der Waals surface area contributed by atoms with Gasteiger partial charge in [-0.05, 0) is 57.7 Å². The first-order chi connectivity index (χ1) is 17.8. The smallest absolute Gasteiger partial charge is 0.132 e. The van der Waals surface area contributed by atoms with Gasteiger partial charge >= 0.3 is 0 Å². The van der Waals surface area contributed by atoms with Crippen LogP contribution in [0.3, 0.4) is 0 Å². The van der Waals surface area contributed by atoms with Crippen LogP contribution in [0.2, 0.25) is 0 Å². The number of pyridine rings is 1. The van der Waals surface area contributed by atoms with Crippen LogP contribution in [0, 0.1) is 0 Å². The van der Waals surface area contributed by atoms with Gasteiger partial charge in [0.05, 0.1) is 5.52 Å². The first-order valence-electron chi connectivity index (χ1n) is 13.2. The number of aromatic nitrogens is 1. The number of piperazine rings is 1. The standard InChI is InChI=1S/C30H39N7/c1-19(2)15-28(33-21(4)18-37-13-11-36(6)12-14-37)35-27-10-8-24-26(34-27)9-7-23-16-25-22(5)32-20(3)17-31-30(25)29(23)24/h7-10,15,20,31-32H,4-5,11-14,16-18H2,1-3,6H3,(H,33,34,35). The molecule has 1 aromatic carbocycles. The Labute approximate surface area is 220 Å². The number of likely N-dealkylation sites (N-methyl/N-ethyl adjacent to an activating group) is 1. The van der Waals surface area contributed by atoms with Crippen molar-refractivity contribution >= 4 is 28.3 Å². The molecule has 0 amide bonds. The average Bonchev–Trinajstić information content (AvgIpc) is 3.16.